The maximum Gasteiger partial charge on any atom is 0.0786 e. The van der Waals surface area contributed by atoms with Crippen molar-refractivity contribution in [1.82, 2.24) is 0 Å². The fraction of sp³-hybridized carbons (Fsp3) is 1.00. The summed E-state index contributed by atoms with van der Waals surface area (Å²) in [4.78, 5) is 0. The summed E-state index contributed by atoms with van der Waals surface area (Å²) >= 11 is 0. The van der Waals surface area contributed by atoms with Gasteiger partial charge in [0.2, 0.25) is 0 Å². The zero-order chi connectivity index (χ0) is 8.86. The Kier molecular flexibility index (Phi) is 7.42. The van der Waals surface area contributed by atoms with Crippen LogP contribution >= 0.6 is 0 Å². The van der Waals surface area contributed by atoms with E-state index >= 15 is 0 Å². The van der Waals surface area contributed by atoms with Crippen LogP contribution in [0.1, 0.15) is 45.4 Å². The quantitative estimate of drug-likeness (QED) is 0.375. The minimum absolute atomic E-state index is 0. The van der Waals surface area contributed by atoms with Gasteiger partial charge in [-0.25, -0.2) is 0 Å². The molecule has 1 aliphatic rings. The second kappa shape index (κ2) is 7.04. The summed E-state index contributed by atoms with van der Waals surface area (Å²) in [6, 6.07) is 0. The van der Waals surface area contributed by atoms with Crippen LogP contribution in [0.25, 0.3) is 0 Å². The number of hydrogen-bond acceptors (Lipinski definition) is 0. The van der Waals surface area contributed by atoms with E-state index < -0.39 is 0 Å². The molecule has 0 atom stereocenters. The van der Waals surface area contributed by atoms with Gasteiger partial charge in [-0.05, 0) is 12.8 Å². The minimum Gasteiger partial charge on any atom is -1.00 e. The fourth-order valence-corrected chi connectivity index (χ4v) is 2.24. The third kappa shape index (κ3) is 5.21. The van der Waals surface area contributed by atoms with Crippen LogP contribution < -0.4 is 24.0 Å². The maximum absolute atomic E-state index is 2.43. The first-order valence-corrected chi connectivity index (χ1v) is 5.60. The van der Waals surface area contributed by atoms with E-state index in [1.165, 1.54) is 62.6 Å². The molecule has 0 spiro atoms. The summed E-state index contributed by atoms with van der Waals surface area (Å²) in [5.41, 5.74) is 0. The average molecular weight is 297 g/mol. The molecule has 0 aliphatic carbocycles. The van der Waals surface area contributed by atoms with Gasteiger partial charge in [0.05, 0.1) is 26.7 Å². The Morgan fingerprint density at radius 2 is 1.62 bits per heavy atom. The van der Waals surface area contributed by atoms with E-state index in [1.54, 1.807) is 0 Å². The van der Waals surface area contributed by atoms with Crippen molar-refractivity contribution in [3.8, 4) is 0 Å². The third-order valence-electron chi connectivity index (χ3n) is 3.20. The van der Waals surface area contributed by atoms with E-state index in [-0.39, 0.29) is 24.0 Å². The summed E-state index contributed by atoms with van der Waals surface area (Å²) in [5.74, 6) is 0. The van der Waals surface area contributed by atoms with Gasteiger partial charge in [0.15, 0.2) is 0 Å². The van der Waals surface area contributed by atoms with Gasteiger partial charge in [-0.1, -0.05) is 19.8 Å². The molecule has 0 aromatic carbocycles. The summed E-state index contributed by atoms with van der Waals surface area (Å²) in [7, 11) is 2.43. The number of likely N-dealkylation sites (tertiary alicyclic amines) is 1. The molecule has 80 valence electrons. The molecule has 1 heterocycles. The number of hydrogen-bond donors (Lipinski definition) is 0. The van der Waals surface area contributed by atoms with Crippen LogP contribution in [0.4, 0.5) is 0 Å². The predicted molar refractivity (Wildman–Crippen MR) is 54.2 cm³/mol. The van der Waals surface area contributed by atoms with Crippen LogP contribution in [-0.2, 0) is 0 Å². The van der Waals surface area contributed by atoms with Crippen LogP contribution in [-0.4, -0.2) is 31.2 Å². The SMILES string of the molecule is CCCCCC[N+]1(C)CCCC1.[I-]. The molecule has 0 bridgehead atoms. The van der Waals surface area contributed by atoms with Gasteiger partial charge in [0, 0.05) is 12.8 Å². The molecule has 0 unspecified atom stereocenters. The lowest BCUT2D eigenvalue weighted by molar-refractivity contribution is -0.897. The Bertz CT molecular complexity index is 119. The van der Waals surface area contributed by atoms with E-state index in [1.807, 2.05) is 0 Å². The molecular formula is C11H24IN. The topological polar surface area (TPSA) is 0 Å². The first kappa shape index (κ1) is 13.7. The summed E-state index contributed by atoms with van der Waals surface area (Å²) in [6.07, 6.45) is 8.62. The van der Waals surface area contributed by atoms with Crippen LogP contribution in [0.15, 0.2) is 0 Å². The van der Waals surface area contributed by atoms with Crippen molar-refractivity contribution >= 4 is 0 Å². The van der Waals surface area contributed by atoms with E-state index in [2.05, 4.69) is 14.0 Å². The number of halogens is 1. The largest absolute Gasteiger partial charge is 1.00 e. The molecule has 0 saturated carbocycles. The molecular weight excluding hydrogens is 273 g/mol. The second-order valence-electron chi connectivity index (χ2n) is 4.56. The molecule has 1 saturated heterocycles. The molecule has 0 radical (unpaired) electrons. The normalized spacial score (nSPS) is 19.8. The third-order valence-corrected chi connectivity index (χ3v) is 3.20. The molecule has 1 rings (SSSR count). The van der Waals surface area contributed by atoms with Gasteiger partial charge in [-0.3, -0.25) is 0 Å². The van der Waals surface area contributed by atoms with Crippen LogP contribution in [0.2, 0.25) is 0 Å². The van der Waals surface area contributed by atoms with Gasteiger partial charge in [-0.2, -0.15) is 0 Å². The highest BCUT2D eigenvalue weighted by atomic mass is 127. The molecule has 13 heavy (non-hydrogen) atoms. The summed E-state index contributed by atoms with van der Waals surface area (Å²) < 4.78 is 1.36. The first-order valence-electron chi connectivity index (χ1n) is 5.60. The summed E-state index contributed by atoms with van der Waals surface area (Å²) in [5, 5.41) is 0. The zero-order valence-corrected chi connectivity index (χ0v) is 11.3. The minimum atomic E-state index is 0. The number of unbranched alkanes of at least 4 members (excludes halogenated alkanes) is 3. The van der Waals surface area contributed by atoms with E-state index in [4.69, 9.17) is 0 Å². The van der Waals surface area contributed by atoms with Crippen LogP contribution in [0.5, 0.6) is 0 Å². The van der Waals surface area contributed by atoms with E-state index in [0.717, 1.165) is 0 Å². The molecule has 1 aliphatic heterocycles. The lowest BCUT2D eigenvalue weighted by Gasteiger charge is -2.29. The molecule has 0 aromatic rings. The fourth-order valence-electron chi connectivity index (χ4n) is 2.24. The van der Waals surface area contributed by atoms with Crippen molar-refractivity contribution in [3.63, 3.8) is 0 Å². The smallest absolute Gasteiger partial charge is 0.0786 e. The Morgan fingerprint density at radius 3 is 2.15 bits per heavy atom. The van der Waals surface area contributed by atoms with Crippen molar-refractivity contribution in [2.45, 2.75) is 45.4 Å². The predicted octanol–water partition coefficient (Wildman–Crippen LogP) is -0.189. The van der Waals surface area contributed by atoms with E-state index in [9.17, 15) is 0 Å². The van der Waals surface area contributed by atoms with Crippen LogP contribution in [0.3, 0.4) is 0 Å². The van der Waals surface area contributed by atoms with Crippen molar-refractivity contribution in [1.29, 1.82) is 0 Å². The average Bonchev–Trinajstić information content (AvgIpc) is 2.47. The molecule has 0 N–H and O–H groups in total. The molecule has 1 nitrogen and oxygen atoms in total. The molecule has 2 heteroatoms. The second-order valence-corrected chi connectivity index (χ2v) is 4.56. The maximum atomic E-state index is 2.43. The van der Waals surface area contributed by atoms with Crippen molar-refractivity contribution < 1.29 is 28.5 Å². The zero-order valence-electron chi connectivity index (χ0n) is 9.19. The van der Waals surface area contributed by atoms with Crippen molar-refractivity contribution in [2.75, 3.05) is 26.7 Å². The molecule has 0 amide bonds. The summed E-state index contributed by atoms with van der Waals surface area (Å²) in [6.45, 7) is 6.59. The Balaban J connectivity index is 0.00000144. The Labute approximate surface area is 100 Å². The lowest BCUT2D eigenvalue weighted by atomic mass is 10.2. The van der Waals surface area contributed by atoms with Gasteiger partial charge in [0.1, 0.15) is 0 Å². The van der Waals surface area contributed by atoms with Gasteiger partial charge in [0.25, 0.3) is 0 Å². The number of nitrogens with zero attached hydrogens (tertiary/aromatic N) is 1. The van der Waals surface area contributed by atoms with Gasteiger partial charge < -0.3 is 28.5 Å². The highest BCUT2D eigenvalue weighted by molar-refractivity contribution is 4.52. The molecule has 1 fully saturated rings. The monoisotopic (exact) mass is 297 g/mol. The Morgan fingerprint density at radius 1 is 1.00 bits per heavy atom. The molecule has 0 aromatic heterocycles. The first-order chi connectivity index (χ1) is 5.77. The van der Waals surface area contributed by atoms with E-state index in [0.29, 0.717) is 0 Å². The number of rotatable bonds is 5. The van der Waals surface area contributed by atoms with Crippen molar-refractivity contribution in [3.05, 3.63) is 0 Å². The van der Waals surface area contributed by atoms with Gasteiger partial charge >= 0.3 is 0 Å². The highest BCUT2D eigenvalue weighted by Gasteiger charge is 2.25. The highest BCUT2D eigenvalue weighted by Crippen LogP contribution is 2.17. The number of quaternary nitrogens is 1. The van der Waals surface area contributed by atoms with Crippen molar-refractivity contribution in [2.24, 2.45) is 0 Å². The standard InChI is InChI=1S/C11H24N.HI/c1-3-4-5-6-9-12(2)10-7-8-11-12;/h3-11H2,1-2H3;1H/q+1;/p-1. The van der Waals surface area contributed by atoms with Gasteiger partial charge in [-0.15, -0.1) is 0 Å². The van der Waals surface area contributed by atoms with Crippen LogP contribution in [0, 0.1) is 0 Å². The Hall–Kier alpha value is 0.690. The lowest BCUT2D eigenvalue weighted by Crippen LogP contribution is -3.00.